The van der Waals surface area contributed by atoms with Gasteiger partial charge in [-0.25, -0.2) is 19.3 Å². The van der Waals surface area contributed by atoms with Crippen molar-refractivity contribution in [3.8, 4) is 0 Å². The summed E-state index contributed by atoms with van der Waals surface area (Å²) in [6.45, 7) is 2.48. The molecule has 0 saturated carbocycles. The van der Waals surface area contributed by atoms with Gasteiger partial charge in [-0.15, -0.1) is 0 Å². The zero-order chi connectivity index (χ0) is 17.4. The van der Waals surface area contributed by atoms with Crippen LogP contribution < -0.4 is 4.90 Å². The van der Waals surface area contributed by atoms with Crippen LogP contribution in [0, 0.1) is 5.82 Å². The normalized spacial score (nSPS) is 15.0. The highest BCUT2D eigenvalue weighted by molar-refractivity contribution is 5.96. The average Bonchev–Trinajstić information content (AvgIpc) is 3.02. The first-order valence-corrected chi connectivity index (χ1v) is 8.05. The second kappa shape index (κ2) is 6.12. The zero-order valence-corrected chi connectivity index (χ0v) is 13.8. The van der Waals surface area contributed by atoms with E-state index in [0.717, 1.165) is 11.5 Å². The third-order valence-electron chi connectivity index (χ3n) is 4.40. The van der Waals surface area contributed by atoms with E-state index in [1.54, 1.807) is 29.6 Å². The van der Waals surface area contributed by atoms with Crippen molar-refractivity contribution in [2.75, 3.05) is 31.1 Å². The van der Waals surface area contributed by atoms with Crippen LogP contribution >= 0.6 is 0 Å². The molecular formula is C17H17FN6O. The molecule has 0 unspecified atom stereocenters. The van der Waals surface area contributed by atoms with Crippen LogP contribution in [0.3, 0.4) is 0 Å². The lowest BCUT2D eigenvalue weighted by atomic mass is 10.2. The van der Waals surface area contributed by atoms with Gasteiger partial charge in [0.2, 0.25) is 0 Å². The Balaban J connectivity index is 1.45. The smallest absolute Gasteiger partial charge is 0.255 e. The summed E-state index contributed by atoms with van der Waals surface area (Å²) < 4.78 is 14.8. The van der Waals surface area contributed by atoms with E-state index in [2.05, 4.69) is 15.0 Å². The lowest BCUT2D eigenvalue weighted by molar-refractivity contribution is 0.0746. The van der Waals surface area contributed by atoms with E-state index in [1.165, 1.54) is 12.3 Å². The van der Waals surface area contributed by atoms with Gasteiger partial charge in [-0.05, 0) is 18.2 Å². The lowest BCUT2D eigenvalue weighted by Crippen LogP contribution is -2.49. The minimum Gasteiger partial charge on any atom is -0.353 e. The Morgan fingerprint density at radius 1 is 1.08 bits per heavy atom. The summed E-state index contributed by atoms with van der Waals surface area (Å²) in [6, 6.07) is 4.83. The number of amides is 1. The van der Waals surface area contributed by atoms with Crippen molar-refractivity contribution in [2.24, 2.45) is 7.05 Å². The van der Waals surface area contributed by atoms with Crippen molar-refractivity contribution in [3.05, 3.63) is 48.3 Å². The number of fused-ring (bicyclic) bond motifs is 1. The number of halogens is 1. The van der Waals surface area contributed by atoms with Crippen molar-refractivity contribution in [1.82, 2.24) is 24.4 Å². The van der Waals surface area contributed by atoms with Gasteiger partial charge in [-0.1, -0.05) is 0 Å². The number of hydrogen-bond acceptors (Lipinski definition) is 5. The van der Waals surface area contributed by atoms with Gasteiger partial charge in [-0.3, -0.25) is 4.79 Å². The molecule has 1 amide bonds. The molecule has 25 heavy (non-hydrogen) atoms. The third kappa shape index (κ3) is 2.90. The molecule has 0 bridgehead atoms. The number of anilines is 1. The summed E-state index contributed by atoms with van der Waals surface area (Å²) in [6.07, 6.45) is 4.49. The monoisotopic (exact) mass is 340 g/mol. The molecule has 3 aromatic heterocycles. The van der Waals surface area contributed by atoms with Gasteiger partial charge in [0.15, 0.2) is 5.65 Å². The number of piperazine rings is 1. The number of carbonyl (C=O) groups excluding carboxylic acids is 1. The summed E-state index contributed by atoms with van der Waals surface area (Å²) in [4.78, 5) is 29.2. The summed E-state index contributed by atoms with van der Waals surface area (Å²) in [7, 11) is 1.87. The van der Waals surface area contributed by atoms with Gasteiger partial charge >= 0.3 is 0 Å². The van der Waals surface area contributed by atoms with E-state index in [4.69, 9.17) is 0 Å². The van der Waals surface area contributed by atoms with E-state index in [9.17, 15) is 9.18 Å². The van der Waals surface area contributed by atoms with Crippen molar-refractivity contribution >= 4 is 22.9 Å². The van der Waals surface area contributed by atoms with Crippen LogP contribution in [0.5, 0.6) is 0 Å². The molecule has 0 N–H and O–H groups in total. The van der Waals surface area contributed by atoms with Crippen LogP contribution in [-0.2, 0) is 7.05 Å². The van der Waals surface area contributed by atoms with Crippen LogP contribution in [0.1, 0.15) is 10.4 Å². The Morgan fingerprint density at radius 2 is 1.88 bits per heavy atom. The first kappa shape index (κ1) is 15.5. The molecule has 7 nitrogen and oxygen atoms in total. The summed E-state index contributed by atoms with van der Waals surface area (Å²) in [5.74, 6) is 0.326. The van der Waals surface area contributed by atoms with Crippen molar-refractivity contribution < 1.29 is 9.18 Å². The molecule has 0 aliphatic carbocycles. The molecular weight excluding hydrogens is 323 g/mol. The molecule has 1 fully saturated rings. The Hall–Kier alpha value is -3.03. The highest BCUT2D eigenvalue weighted by Gasteiger charge is 2.23. The number of carbonyl (C=O) groups is 1. The maximum absolute atomic E-state index is 13.0. The lowest BCUT2D eigenvalue weighted by Gasteiger charge is -2.35. The zero-order valence-electron chi connectivity index (χ0n) is 13.8. The maximum atomic E-state index is 13.0. The van der Waals surface area contributed by atoms with Gasteiger partial charge in [-0.2, -0.15) is 0 Å². The Morgan fingerprint density at radius 3 is 2.60 bits per heavy atom. The molecule has 0 atom stereocenters. The Kier molecular flexibility index (Phi) is 3.79. The second-order valence-corrected chi connectivity index (χ2v) is 6.04. The number of aromatic nitrogens is 4. The van der Waals surface area contributed by atoms with Crippen LogP contribution in [0.4, 0.5) is 10.2 Å². The first-order valence-electron chi connectivity index (χ1n) is 8.05. The van der Waals surface area contributed by atoms with Crippen LogP contribution in [0.15, 0.2) is 36.9 Å². The number of rotatable bonds is 2. The standard InChI is InChI=1S/C17H17FN6O/c1-22-11-21-14-8-12(9-20-16(14)22)17(25)24-6-4-23(5-7-24)15-3-2-13(18)10-19-15/h2-3,8-11H,4-7H2,1H3. The molecule has 3 aromatic rings. The van der Waals surface area contributed by atoms with Gasteiger partial charge < -0.3 is 14.4 Å². The molecule has 128 valence electrons. The summed E-state index contributed by atoms with van der Waals surface area (Å²) in [5, 5.41) is 0. The number of pyridine rings is 2. The number of hydrogen-bond donors (Lipinski definition) is 0. The number of aryl methyl sites for hydroxylation is 1. The van der Waals surface area contributed by atoms with Crippen LogP contribution in [0.2, 0.25) is 0 Å². The third-order valence-corrected chi connectivity index (χ3v) is 4.40. The predicted molar refractivity (Wildman–Crippen MR) is 90.8 cm³/mol. The minimum absolute atomic E-state index is 0.0493. The first-order chi connectivity index (χ1) is 12.1. The fourth-order valence-electron chi connectivity index (χ4n) is 3.01. The van der Waals surface area contributed by atoms with Crippen molar-refractivity contribution in [1.29, 1.82) is 0 Å². The summed E-state index contributed by atoms with van der Waals surface area (Å²) >= 11 is 0. The molecule has 1 aliphatic rings. The summed E-state index contributed by atoms with van der Waals surface area (Å²) in [5.41, 5.74) is 2.01. The molecule has 1 aliphatic heterocycles. The quantitative estimate of drug-likeness (QED) is 0.707. The predicted octanol–water partition coefficient (Wildman–Crippen LogP) is 1.46. The van der Waals surface area contributed by atoms with Crippen molar-refractivity contribution in [2.45, 2.75) is 0 Å². The molecule has 0 spiro atoms. The Bertz CT molecular complexity index is 915. The molecule has 8 heteroatoms. The Labute approximate surface area is 143 Å². The maximum Gasteiger partial charge on any atom is 0.255 e. The topological polar surface area (TPSA) is 67.2 Å². The van der Waals surface area contributed by atoms with Crippen LogP contribution in [0.25, 0.3) is 11.2 Å². The fraction of sp³-hybridized carbons (Fsp3) is 0.294. The molecule has 4 rings (SSSR count). The van der Waals surface area contributed by atoms with E-state index in [1.807, 2.05) is 16.5 Å². The van der Waals surface area contributed by atoms with E-state index in [-0.39, 0.29) is 11.7 Å². The molecule has 4 heterocycles. The minimum atomic E-state index is -0.352. The molecule has 0 aromatic carbocycles. The van der Waals surface area contributed by atoms with Crippen molar-refractivity contribution in [3.63, 3.8) is 0 Å². The number of imidazole rings is 1. The fourth-order valence-corrected chi connectivity index (χ4v) is 3.01. The van der Waals surface area contributed by atoms with Gasteiger partial charge in [0.05, 0.1) is 18.1 Å². The highest BCUT2D eigenvalue weighted by atomic mass is 19.1. The van der Waals surface area contributed by atoms with Crippen LogP contribution in [-0.4, -0.2) is 56.5 Å². The van der Waals surface area contributed by atoms with Gasteiger partial charge in [0, 0.05) is 39.4 Å². The molecule has 1 saturated heterocycles. The highest BCUT2D eigenvalue weighted by Crippen LogP contribution is 2.17. The van der Waals surface area contributed by atoms with Gasteiger partial charge in [0.1, 0.15) is 17.2 Å². The van der Waals surface area contributed by atoms with E-state index >= 15 is 0 Å². The second-order valence-electron chi connectivity index (χ2n) is 6.04. The molecule has 0 radical (unpaired) electrons. The average molecular weight is 340 g/mol. The SMILES string of the molecule is Cn1cnc2cc(C(=O)N3CCN(c4ccc(F)cn4)CC3)cnc21. The largest absolute Gasteiger partial charge is 0.353 e. The van der Waals surface area contributed by atoms with Gasteiger partial charge in [0.25, 0.3) is 5.91 Å². The van der Waals surface area contributed by atoms with E-state index in [0.29, 0.717) is 37.3 Å². The number of nitrogens with zero attached hydrogens (tertiary/aromatic N) is 6. The van der Waals surface area contributed by atoms with E-state index < -0.39 is 0 Å².